The fourth-order valence-corrected chi connectivity index (χ4v) is 3.62. The van der Waals surface area contributed by atoms with E-state index in [1.165, 1.54) is 12.1 Å². The highest BCUT2D eigenvalue weighted by Gasteiger charge is 2.45. The molecule has 4 unspecified atom stereocenters. The van der Waals surface area contributed by atoms with E-state index in [1.807, 2.05) is 0 Å². The zero-order valence-electron chi connectivity index (χ0n) is 10.2. The van der Waals surface area contributed by atoms with E-state index in [-0.39, 0.29) is 28.2 Å². The first-order chi connectivity index (χ1) is 9.11. The van der Waals surface area contributed by atoms with Crippen molar-refractivity contribution in [3.8, 4) is 0 Å². The molecule has 2 saturated heterocycles. The molecule has 1 aromatic rings. The van der Waals surface area contributed by atoms with Crippen molar-refractivity contribution in [1.82, 2.24) is 5.43 Å². The SMILES string of the molecule is NNC(c1c(F)ccc(Br)c1F)C1CC2CCC1O2. The molecule has 2 heterocycles. The molecule has 3 rings (SSSR count). The van der Waals surface area contributed by atoms with Crippen LogP contribution in [0.1, 0.15) is 30.9 Å². The van der Waals surface area contributed by atoms with Crippen LogP contribution in [-0.4, -0.2) is 12.2 Å². The second-order valence-electron chi connectivity index (χ2n) is 5.17. The lowest BCUT2D eigenvalue weighted by molar-refractivity contribution is 0.0850. The van der Waals surface area contributed by atoms with E-state index in [4.69, 9.17) is 10.6 Å². The van der Waals surface area contributed by atoms with E-state index in [2.05, 4.69) is 21.4 Å². The Hall–Kier alpha value is -0.560. The Balaban J connectivity index is 1.97. The quantitative estimate of drug-likeness (QED) is 0.508. The molecule has 3 nitrogen and oxygen atoms in total. The molecule has 0 amide bonds. The Morgan fingerprint density at radius 1 is 1.37 bits per heavy atom. The first-order valence-electron chi connectivity index (χ1n) is 6.36. The lowest BCUT2D eigenvalue weighted by atomic mass is 9.81. The number of rotatable bonds is 3. The Bertz CT molecular complexity index is 500. The van der Waals surface area contributed by atoms with E-state index >= 15 is 0 Å². The topological polar surface area (TPSA) is 47.3 Å². The lowest BCUT2D eigenvalue weighted by Gasteiger charge is -2.28. The van der Waals surface area contributed by atoms with E-state index in [0.29, 0.717) is 0 Å². The molecule has 1 aromatic carbocycles. The van der Waals surface area contributed by atoms with E-state index in [0.717, 1.165) is 19.3 Å². The van der Waals surface area contributed by atoms with Gasteiger partial charge in [-0.25, -0.2) is 8.78 Å². The van der Waals surface area contributed by atoms with Crippen LogP contribution >= 0.6 is 15.9 Å². The standard InChI is InChI=1S/C13H15BrF2N2O/c14-8-2-3-9(15)11(12(8)16)13(18-17)7-5-6-1-4-10(7)19-6/h2-3,6-7,10,13,18H,1,4-5,17H2. The molecule has 0 aromatic heterocycles. The maximum Gasteiger partial charge on any atom is 0.145 e. The zero-order valence-corrected chi connectivity index (χ0v) is 11.8. The molecule has 3 N–H and O–H groups in total. The molecule has 4 atom stereocenters. The zero-order chi connectivity index (χ0) is 13.6. The fourth-order valence-electron chi connectivity index (χ4n) is 3.28. The first-order valence-corrected chi connectivity index (χ1v) is 7.16. The van der Waals surface area contributed by atoms with Crippen LogP contribution < -0.4 is 11.3 Å². The maximum absolute atomic E-state index is 14.2. The molecule has 2 aliphatic heterocycles. The van der Waals surface area contributed by atoms with Crippen LogP contribution in [0, 0.1) is 17.6 Å². The third-order valence-corrected chi connectivity index (χ3v) is 4.76. The second kappa shape index (κ2) is 5.09. The van der Waals surface area contributed by atoms with Crippen molar-refractivity contribution >= 4 is 15.9 Å². The Kier molecular flexibility index (Phi) is 3.59. The predicted octanol–water partition coefficient (Wildman–Crippen LogP) is 2.80. The summed E-state index contributed by atoms with van der Waals surface area (Å²) in [6.45, 7) is 0. The van der Waals surface area contributed by atoms with Crippen LogP contribution in [-0.2, 0) is 4.74 Å². The van der Waals surface area contributed by atoms with Crippen molar-refractivity contribution < 1.29 is 13.5 Å². The summed E-state index contributed by atoms with van der Waals surface area (Å²) < 4.78 is 34.1. The molecule has 6 heteroatoms. The molecule has 2 fully saturated rings. The molecule has 0 saturated carbocycles. The summed E-state index contributed by atoms with van der Waals surface area (Å²) in [7, 11) is 0. The van der Waals surface area contributed by atoms with Gasteiger partial charge in [-0.05, 0) is 47.3 Å². The van der Waals surface area contributed by atoms with E-state index in [9.17, 15) is 8.78 Å². The van der Waals surface area contributed by atoms with Gasteiger partial charge in [0.15, 0.2) is 0 Å². The number of nitrogens with one attached hydrogen (secondary N) is 1. The van der Waals surface area contributed by atoms with Crippen molar-refractivity contribution in [2.75, 3.05) is 0 Å². The predicted molar refractivity (Wildman–Crippen MR) is 70.1 cm³/mol. The maximum atomic E-state index is 14.2. The minimum Gasteiger partial charge on any atom is -0.375 e. The number of hydrogen-bond donors (Lipinski definition) is 2. The smallest absolute Gasteiger partial charge is 0.145 e. The van der Waals surface area contributed by atoms with Crippen LogP contribution in [0.25, 0.3) is 0 Å². The minimum atomic E-state index is -0.592. The summed E-state index contributed by atoms with van der Waals surface area (Å²) in [6.07, 6.45) is 3.02. The van der Waals surface area contributed by atoms with Crippen LogP contribution in [0.15, 0.2) is 16.6 Å². The third kappa shape index (κ3) is 2.20. The van der Waals surface area contributed by atoms with Gasteiger partial charge >= 0.3 is 0 Å². The Morgan fingerprint density at radius 2 is 2.16 bits per heavy atom. The van der Waals surface area contributed by atoms with Gasteiger partial charge < -0.3 is 4.74 Å². The average Bonchev–Trinajstić information content (AvgIpc) is 3.01. The molecule has 19 heavy (non-hydrogen) atoms. The van der Waals surface area contributed by atoms with Crippen molar-refractivity contribution in [2.24, 2.45) is 11.8 Å². The van der Waals surface area contributed by atoms with Crippen LogP contribution in [0.3, 0.4) is 0 Å². The van der Waals surface area contributed by atoms with Gasteiger partial charge in [0, 0.05) is 11.5 Å². The largest absolute Gasteiger partial charge is 0.375 e. The van der Waals surface area contributed by atoms with Gasteiger partial charge in [-0.2, -0.15) is 0 Å². The summed E-state index contributed by atoms with van der Waals surface area (Å²) in [5.41, 5.74) is 2.57. The van der Waals surface area contributed by atoms with E-state index in [1.54, 1.807) is 0 Å². The number of ether oxygens (including phenoxy) is 1. The Morgan fingerprint density at radius 3 is 2.74 bits per heavy atom. The molecule has 2 aliphatic rings. The summed E-state index contributed by atoms with van der Waals surface area (Å²) >= 11 is 3.09. The molecular weight excluding hydrogens is 318 g/mol. The van der Waals surface area contributed by atoms with Crippen molar-refractivity contribution in [1.29, 1.82) is 0 Å². The van der Waals surface area contributed by atoms with E-state index < -0.39 is 17.7 Å². The summed E-state index contributed by atoms with van der Waals surface area (Å²) in [4.78, 5) is 0. The van der Waals surface area contributed by atoms with Gasteiger partial charge in [0.25, 0.3) is 0 Å². The average molecular weight is 333 g/mol. The number of nitrogens with two attached hydrogens (primary N) is 1. The minimum absolute atomic E-state index is 0.00183. The summed E-state index contributed by atoms with van der Waals surface area (Å²) in [5, 5.41) is 0. The first kappa shape index (κ1) is 13.4. The Labute approximate surface area is 118 Å². The number of benzene rings is 1. The van der Waals surface area contributed by atoms with Crippen LogP contribution in [0.2, 0.25) is 0 Å². The van der Waals surface area contributed by atoms with Gasteiger partial charge in [0.1, 0.15) is 11.6 Å². The molecule has 0 radical (unpaired) electrons. The molecular formula is C13H15BrF2N2O. The van der Waals surface area contributed by atoms with Crippen molar-refractivity contribution in [3.63, 3.8) is 0 Å². The summed E-state index contributed by atoms with van der Waals surface area (Å²) in [6, 6.07) is 2.05. The highest BCUT2D eigenvalue weighted by atomic mass is 79.9. The van der Waals surface area contributed by atoms with Crippen LogP contribution in [0.4, 0.5) is 8.78 Å². The number of hydrazine groups is 1. The van der Waals surface area contributed by atoms with Gasteiger partial charge in [0.2, 0.25) is 0 Å². The highest BCUT2D eigenvalue weighted by Crippen LogP contribution is 2.45. The van der Waals surface area contributed by atoms with Gasteiger partial charge in [-0.1, -0.05) is 0 Å². The van der Waals surface area contributed by atoms with Gasteiger partial charge in [0.05, 0.1) is 22.7 Å². The highest BCUT2D eigenvalue weighted by molar-refractivity contribution is 9.10. The van der Waals surface area contributed by atoms with Gasteiger partial charge in [-0.3, -0.25) is 11.3 Å². The molecule has 104 valence electrons. The normalized spacial score (nSPS) is 30.8. The number of fused-ring (bicyclic) bond motifs is 2. The van der Waals surface area contributed by atoms with Gasteiger partial charge in [-0.15, -0.1) is 0 Å². The van der Waals surface area contributed by atoms with Crippen molar-refractivity contribution in [3.05, 3.63) is 33.8 Å². The molecule has 2 bridgehead atoms. The summed E-state index contributed by atoms with van der Waals surface area (Å²) in [5.74, 6) is 4.40. The third-order valence-electron chi connectivity index (χ3n) is 4.15. The van der Waals surface area contributed by atoms with Crippen LogP contribution in [0.5, 0.6) is 0 Å². The second-order valence-corrected chi connectivity index (χ2v) is 6.03. The molecule has 0 spiro atoms. The number of hydrogen-bond acceptors (Lipinski definition) is 3. The lowest BCUT2D eigenvalue weighted by Crippen LogP contribution is -2.38. The monoisotopic (exact) mass is 332 g/mol. The molecule has 0 aliphatic carbocycles. The van der Waals surface area contributed by atoms with Crippen molar-refractivity contribution in [2.45, 2.75) is 37.5 Å². The fraction of sp³-hybridized carbons (Fsp3) is 0.538. The number of halogens is 3.